The Morgan fingerprint density at radius 3 is 2.39 bits per heavy atom. The van der Waals surface area contributed by atoms with Gasteiger partial charge in [-0.15, -0.1) is 0 Å². The Bertz CT molecular complexity index is 457. The van der Waals surface area contributed by atoms with Gasteiger partial charge in [-0.25, -0.2) is 9.18 Å². The minimum absolute atomic E-state index is 0.371. The van der Waals surface area contributed by atoms with Crippen molar-refractivity contribution >= 4 is 22.0 Å². The Labute approximate surface area is 115 Å². The molecule has 5 heteroatoms. The number of nitrogens with zero attached hydrogens (tertiary/aromatic N) is 1. The molecule has 0 radical (unpaired) electrons. The number of amides is 1. The number of carboxylic acid groups (broad SMARTS) is 1. The van der Waals surface area contributed by atoms with Crippen LogP contribution in [0.25, 0.3) is 0 Å². The summed E-state index contributed by atoms with van der Waals surface area (Å²) in [5.74, 6) is -0.410. The standard InChI is InChI=1S/C13H17BrFNO2/c1-8(16(12(17)18)13(2,3)4)10-6-5-9(14)7-11(10)15/h5-8H,1-4H3,(H,17,18)/t8-/m1/s1. The molecule has 0 unspecified atom stereocenters. The van der Waals surface area contributed by atoms with Crippen LogP contribution in [0.1, 0.15) is 39.3 Å². The predicted octanol–water partition coefficient (Wildman–Crippen LogP) is 4.43. The van der Waals surface area contributed by atoms with E-state index in [0.29, 0.717) is 10.0 Å². The zero-order valence-electron chi connectivity index (χ0n) is 10.9. The predicted molar refractivity (Wildman–Crippen MR) is 72.1 cm³/mol. The smallest absolute Gasteiger partial charge is 0.408 e. The van der Waals surface area contributed by atoms with Crippen LogP contribution < -0.4 is 0 Å². The first-order valence-corrected chi connectivity index (χ1v) is 6.41. The maximum absolute atomic E-state index is 13.9. The van der Waals surface area contributed by atoms with E-state index < -0.39 is 23.5 Å². The summed E-state index contributed by atoms with van der Waals surface area (Å²) >= 11 is 3.18. The zero-order chi connectivity index (χ0) is 14.1. The molecule has 1 rings (SSSR count). The van der Waals surface area contributed by atoms with Crippen LogP contribution in [0, 0.1) is 5.82 Å². The molecule has 1 atom stereocenters. The average Bonchev–Trinajstić information content (AvgIpc) is 2.13. The molecule has 3 nitrogen and oxygen atoms in total. The van der Waals surface area contributed by atoms with E-state index in [2.05, 4.69) is 15.9 Å². The molecule has 100 valence electrons. The molecule has 1 aromatic rings. The molecule has 0 spiro atoms. The van der Waals surface area contributed by atoms with Gasteiger partial charge in [-0.1, -0.05) is 22.0 Å². The zero-order valence-corrected chi connectivity index (χ0v) is 12.5. The molecule has 0 fully saturated rings. The first-order chi connectivity index (χ1) is 8.14. The first kappa shape index (κ1) is 15.0. The highest BCUT2D eigenvalue weighted by Gasteiger charge is 2.32. The molecular weight excluding hydrogens is 301 g/mol. The molecule has 1 aromatic carbocycles. The van der Waals surface area contributed by atoms with E-state index in [1.807, 2.05) is 0 Å². The van der Waals surface area contributed by atoms with E-state index >= 15 is 0 Å². The van der Waals surface area contributed by atoms with Crippen molar-refractivity contribution < 1.29 is 14.3 Å². The van der Waals surface area contributed by atoms with Gasteiger partial charge in [0.2, 0.25) is 0 Å². The fraction of sp³-hybridized carbons (Fsp3) is 0.462. The molecule has 0 aliphatic carbocycles. The summed E-state index contributed by atoms with van der Waals surface area (Å²) in [6.45, 7) is 7.04. The molecule has 0 aliphatic heterocycles. The molecule has 0 aromatic heterocycles. The van der Waals surface area contributed by atoms with Gasteiger partial charge in [-0.2, -0.15) is 0 Å². The third-order valence-corrected chi connectivity index (χ3v) is 3.22. The Morgan fingerprint density at radius 2 is 2.00 bits per heavy atom. The van der Waals surface area contributed by atoms with Crippen molar-refractivity contribution in [3.63, 3.8) is 0 Å². The number of rotatable bonds is 2. The molecule has 0 heterocycles. The van der Waals surface area contributed by atoms with Crippen LogP contribution in [-0.4, -0.2) is 21.6 Å². The molecular formula is C13H17BrFNO2. The van der Waals surface area contributed by atoms with Crippen molar-refractivity contribution in [1.29, 1.82) is 0 Å². The second-order valence-corrected chi connectivity index (χ2v) is 6.08. The van der Waals surface area contributed by atoms with Crippen LogP contribution in [0.2, 0.25) is 0 Å². The summed E-state index contributed by atoms with van der Waals surface area (Å²) < 4.78 is 14.5. The molecule has 1 N–H and O–H groups in total. The second kappa shape index (κ2) is 5.26. The van der Waals surface area contributed by atoms with Crippen LogP contribution in [0.4, 0.5) is 9.18 Å². The first-order valence-electron chi connectivity index (χ1n) is 5.62. The van der Waals surface area contributed by atoms with Gasteiger partial charge >= 0.3 is 6.09 Å². The number of hydrogen-bond donors (Lipinski definition) is 1. The van der Waals surface area contributed by atoms with Crippen LogP contribution in [0.3, 0.4) is 0 Å². The lowest BCUT2D eigenvalue weighted by molar-refractivity contribution is 0.0743. The van der Waals surface area contributed by atoms with E-state index in [-0.39, 0.29) is 0 Å². The Balaban J connectivity index is 3.18. The van der Waals surface area contributed by atoms with Gasteiger partial charge in [0.05, 0.1) is 6.04 Å². The fourth-order valence-electron chi connectivity index (χ4n) is 2.01. The van der Waals surface area contributed by atoms with Gasteiger partial charge in [0.15, 0.2) is 0 Å². The SMILES string of the molecule is C[C@H](c1ccc(Br)cc1F)N(C(=O)O)C(C)(C)C. The summed E-state index contributed by atoms with van der Waals surface area (Å²) in [6, 6.07) is 4.10. The molecule has 0 bridgehead atoms. The van der Waals surface area contributed by atoms with Gasteiger partial charge in [0.1, 0.15) is 5.82 Å². The van der Waals surface area contributed by atoms with Crippen LogP contribution >= 0.6 is 15.9 Å². The topological polar surface area (TPSA) is 40.5 Å². The monoisotopic (exact) mass is 317 g/mol. The van der Waals surface area contributed by atoms with Gasteiger partial charge < -0.3 is 5.11 Å². The van der Waals surface area contributed by atoms with Crippen molar-refractivity contribution in [2.45, 2.75) is 39.3 Å². The highest BCUT2D eigenvalue weighted by molar-refractivity contribution is 9.10. The van der Waals surface area contributed by atoms with Gasteiger partial charge in [0, 0.05) is 15.6 Å². The van der Waals surface area contributed by atoms with Gasteiger partial charge in [0.25, 0.3) is 0 Å². The Kier molecular flexibility index (Phi) is 4.37. The Morgan fingerprint density at radius 1 is 1.44 bits per heavy atom. The molecule has 0 saturated heterocycles. The van der Waals surface area contributed by atoms with Crippen molar-refractivity contribution in [2.75, 3.05) is 0 Å². The van der Waals surface area contributed by atoms with Gasteiger partial charge in [-0.05, 0) is 39.8 Å². The summed E-state index contributed by atoms with van der Waals surface area (Å²) in [7, 11) is 0. The summed E-state index contributed by atoms with van der Waals surface area (Å²) in [5.41, 5.74) is -0.222. The van der Waals surface area contributed by atoms with E-state index in [0.717, 1.165) is 0 Å². The third kappa shape index (κ3) is 3.22. The minimum atomic E-state index is -1.06. The number of halogens is 2. The minimum Gasteiger partial charge on any atom is -0.465 e. The van der Waals surface area contributed by atoms with Gasteiger partial charge in [-0.3, -0.25) is 4.90 Å². The van der Waals surface area contributed by atoms with Crippen LogP contribution in [0.15, 0.2) is 22.7 Å². The molecule has 18 heavy (non-hydrogen) atoms. The highest BCUT2D eigenvalue weighted by Crippen LogP contribution is 2.30. The van der Waals surface area contributed by atoms with E-state index in [9.17, 15) is 14.3 Å². The average molecular weight is 318 g/mol. The van der Waals surface area contributed by atoms with Crippen molar-refractivity contribution in [3.05, 3.63) is 34.1 Å². The summed E-state index contributed by atoms with van der Waals surface area (Å²) in [5, 5.41) is 9.28. The lowest BCUT2D eigenvalue weighted by Gasteiger charge is -2.38. The maximum Gasteiger partial charge on any atom is 0.408 e. The van der Waals surface area contributed by atoms with E-state index in [4.69, 9.17) is 0 Å². The Hall–Kier alpha value is -1.10. The quantitative estimate of drug-likeness (QED) is 0.876. The van der Waals surface area contributed by atoms with Crippen molar-refractivity contribution in [3.8, 4) is 0 Å². The second-order valence-electron chi connectivity index (χ2n) is 5.17. The van der Waals surface area contributed by atoms with Crippen molar-refractivity contribution in [2.24, 2.45) is 0 Å². The highest BCUT2D eigenvalue weighted by atomic mass is 79.9. The maximum atomic E-state index is 13.9. The third-order valence-electron chi connectivity index (χ3n) is 2.73. The van der Waals surface area contributed by atoms with Crippen molar-refractivity contribution in [1.82, 2.24) is 4.90 Å². The lowest BCUT2D eigenvalue weighted by Crippen LogP contribution is -2.46. The number of hydrogen-bond acceptors (Lipinski definition) is 1. The van der Waals surface area contributed by atoms with E-state index in [1.165, 1.54) is 11.0 Å². The lowest BCUT2D eigenvalue weighted by atomic mass is 9.99. The molecule has 1 amide bonds. The number of carbonyl (C=O) groups is 1. The number of benzene rings is 1. The fourth-order valence-corrected chi connectivity index (χ4v) is 2.35. The van der Waals surface area contributed by atoms with Crippen LogP contribution in [0.5, 0.6) is 0 Å². The summed E-state index contributed by atoms with van der Waals surface area (Å²) in [6.07, 6.45) is -1.06. The normalized spacial score (nSPS) is 13.2. The largest absolute Gasteiger partial charge is 0.465 e. The molecule has 0 aliphatic rings. The molecule has 0 saturated carbocycles. The van der Waals surface area contributed by atoms with Crippen LogP contribution in [-0.2, 0) is 0 Å². The van der Waals surface area contributed by atoms with E-state index in [1.54, 1.807) is 39.8 Å². The summed E-state index contributed by atoms with van der Waals surface area (Å²) in [4.78, 5) is 12.6.